The molecule has 2 nitrogen and oxygen atoms in total. The molecule has 2 heteroatoms. The minimum atomic E-state index is 0.0512. The summed E-state index contributed by atoms with van der Waals surface area (Å²) in [5.74, 6) is 0.595. The van der Waals surface area contributed by atoms with E-state index in [2.05, 4.69) is 171 Å². The van der Waals surface area contributed by atoms with Gasteiger partial charge in [-0.1, -0.05) is 155 Å². The van der Waals surface area contributed by atoms with Crippen LogP contribution < -0.4 is 4.90 Å². The number of hydrogen-bond donors (Lipinski definition) is 0. The lowest BCUT2D eigenvalue weighted by molar-refractivity contribution is 0.445. The zero-order valence-electron chi connectivity index (χ0n) is 30.4. The summed E-state index contributed by atoms with van der Waals surface area (Å²) in [5.41, 5.74) is 13.0. The Morgan fingerprint density at radius 3 is 1.75 bits per heavy atom. The van der Waals surface area contributed by atoms with Crippen molar-refractivity contribution in [3.63, 3.8) is 0 Å². The Balaban J connectivity index is 1.31. The standard InChI is InChI=1S/C50H45NO/c1-50(2,3)36-30-32-37(33-31-36)51(45-27-11-8-21-40(45)42-25-15-29-47-49(42)43-22-9-12-28-46(43)52-47)44-26-10-7-20-39(44)41-24-14-19-35-18-13-23-38(48(35)41)34-16-5-4-6-17-34/h7-15,18-34H,4-6,16-17H2,1-3H3. The quantitative estimate of drug-likeness (QED) is 0.174. The second-order valence-corrected chi connectivity index (χ2v) is 15.5. The van der Waals surface area contributed by atoms with Gasteiger partial charge in [0, 0.05) is 27.6 Å². The lowest BCUT2D eigenvalue weighted by Crippen LogP contribution is -2.14. The fourth-order valence-corrected chi connectivity index (χ4v) is 8.66. The predicted octanol–water partition coefficient (Wildman–Crippen LogP) is 14.9. The molecule has 1 fully saturated rings. The van der Waals surface area contributed by atoms with E-state index in [0.29, 0.717) is 5.92 Å². The van der Waals surface area contributed by atoms with Crippen LogP contribution in [0, 0.1) is 0 Å². The minimum Gasteiger partial charge on any atom is -0.456 e. The molecule has 1 aliphatic rings. The van der Waals surface area contributed by atoms with Crippen molar-refractivity contribution in [2.24, 2.45) is 0 Å². The Morgan fingerprint density at radius 2 is 1.06 bits per heavy atom. The van der Waals surface area contributed by atoms with Gasteiger partial charge in [0.25, 0.3) is 0 Å². The highest BCUT2D eigenvalue weighted by Gasteiger charge is 2.25. The highest BCUT2D eigenvalue weighted by atomic mass is 16.3. The van der Waals surface area contributed by atoms with E-state index in [0.717, 1.165) is 50.1 Å². The van der Waals surface area contributed by atoms with Gasteiger partial charge in [0.2, 0.25) is 0 Å². The van der Waals surface area contributed by atoms with Crippen LogP contribution in [0.5, 0.6) is 0 Å². The Kier molecular flexibility index (Phi) is 8.19. The van der Waals surface area contributed by atoms with Crippen LogP contribution >= 0.6 is 0 Å². The first kappa shape index (κ1) is 32.3. The average molecular weight is 676 g/mol. The summed E-state index contributed by atoms with van der Waals surface area (Å²) in [7, 11) is 0. The van der Waals surface area contributed by atoms with Crippen molar-refractivity contribution in [2.45, 2.75) is 64.2 Å². The van der Waals surface area contributed by atoms with E-state index in [1.165, 1.54) is 65.1 Å². The zero-order valence-corrected chi connectivity index (χ0v) is 30.4. The van der Waals surface area contributed by atoms with Crippen molar-refractivity contribution >= 4 is 49.8 Å². The third-order valence-corrected chi connectivity index (χ3v) is 11.2. The van der Waals surface area contributed by atoms with Crippen LogP contribution in [0.15, 0.2) is 156 Å². The number of anilines is 3. The molecule has 52 heavy (non-hydrogen) atoms. The van der Waals surface area contributed by atoms with Gasteiger partial charge in [-0.25, -0.2) is 0 Å². The van der Waals surface area contributed by atoms with Crippen LogP contribution in [-0.2, 0) is 5.41 Å². The van der Waals surface area contributed by atoms with Crippen LogP contribution in [0.1, 0.15) is 69.9 Å². The number of para-hydroxylation sites is 3. The molecule has 0 unspecified atom stereocenters. The monoisotopic (exact) mass is 675 g/mol. The molecule has 0 aliphatic heterocycles. The third kappa shape index (κ3) is 5.67. The molecule has 256 valence electrons. The second kappa shape index (κ2) is 13.2. The Morgan fingerprint density at radius 1 is 0.500 bits per heavy atom. The summed E-state index contributed by atoms with van der Waals surface area (Å²) in [6.07, 6.45) is 6.51. The van der Waals surface area contributed by atoms with Crippen molar-refractivity contribution in [3.05, 3.63) is 163 Å². The SMILES string of the molecule is CC(C)(C)c1ccc(N(c2ccccc2-c2cccc3cccc(C4CCCCC4)c23)c2ccccc2-c2cccc3oc4ccccc4c23)cc1. The maximum Gasteiger partial charge on any atom is 0.136 e. The molecule has 0 atom stereocenters. The molecule has 1 heterocycles. The fraction of sp³-hybridized carbons (Fsp3) is 0.200. The summed E-state index contributed by atoms with van der Waals surface area (Å²) in [4.78, 5) is 2.49. The summed E-state index contributed by atoms with van der Waals surface area (Å²) < 4.78 is 6.39. The van der Waals surface area contributed by atoms with E-state index in [1.54, 1.807) is 0 Å². The van der Waals surface area contributed by atoms with Gasteiger partial charge in [-0.2, -0.15) is 0 Å². The van der Waals surface area contributed by atoms with Gasteiger partial charge in [-0.05, 0) is 93.6 Å². The highest BCUT2D eigenvalue weighted by Crippen LogP contribution is 2.49. The Hall–Kier alpha value is -5.60. The molecular weight excluding hydrogens is 631 g/mol. The Labute approximate surface area is 307 Å². The lowest BCUT2D eigenvalue weighted by Gasteiger charge is -2.31. The van der Waals surface area contributed by atoms with Crippen LogP contribution in [0.4, 0.5) is 17.1 Å². The first-order chi connectivity index (χ1) is 25.5. The summed E-state index contributed by atoms with van der Waals surface area (Å²) in [6, 6.07) is 55.8. The molecule has 7 aromatic carbocycles. The molecule has 0 saturated heterocycles. The smallest absolute Gasteiger partial charge is 0.136 e. The maximum atomic E-state index is 6.39. The number of benzene rings is 7. The second-order valence-electron chi connectivity index (χ2n) is 15.5. The lowest BCUT2D eigenvalue weighted by atomic mass is 9.80. The predicted molar refractivity (Wildman–Crippen MR) is 221 cm³/mol. The van der Waals surface area contributed by atoms with Crippen LogP contribution in [0.2, 0.25) is 0 Å². The van der Waals surface area contributed by atoms with Crippen molar-refractivity contribution in [1.29, 1.82) is 0 Å². The number of hydrogen-bond acceptors (Lipinski definition) is 2. The topological polar surface area (TPSA) is 16.4 Å². The van der Waals surface area contributed by atoms with E-state index in [1.807, 2.05) is 6.07 Å². The maximum absolute atomic E-state index is 6.39. The molecule has 0 spiro atoms. The molecule has 0 radical (unpaired) electrons. The van der Waals surface area contributed by atoms with E-state index < -0.39 is 0 Å². The first-order valence-electron chi connectivity index (χ1n) is 19.0. The number of fused-ring (bicyclic) bond motifs is 4. The van der Waals surface area contributed by atoms with E-state index in [-0.39, 0.29) is 5.41 Å². The van der Waals surface area contributed by atoms with Gasteiger partial charge in [0.05, 0.1) is 11.4 Å². The number of rotatable bonds is 6. The zero-order chi connectivity index (χ0) is 35.2. The van der Waals surface area contributed by atoms with E-state index >= 15 is 0 Å². The van der Waals surface area contributed by atoms with Crippen molar-refractivity contribution < 1.29 is 4.42 Å². The summed E-state index contributed by atoms with van der Waals surface area (Å²) in [5, 5.41) is 4.99. The van der Waals surface area contributed by atoms with Gasteiger partial charge >= 0.3 is 0 Å². The molecule has 0 amide bonds. The van der Waals surface area contributed by atoms with Crippen LogP contribution in [0.3, 0.4) is 0 Å². The molecule has 1 aliphatic carbocycles. The largest absolute Gasteiger partial charge is 0.456 e. The van der Waals surface area contributed by atoms with Crippen molar-refractivity contribution in [3.8, 4) is 22.3 Å². The average Bonchev–Trinajstić information content (AvgIpc) is 3.57. The molecule has 1 saturated carbocycles. The molecule has 1 aromatic heterocycles. The molecule has 9 rings (SSSR count). The summed E-state index contributed by atoms with van der Waals surface area (Å²) in [6.45, 7) is 6.85. The van der Waals surface area contributed by atoms with Crippen LogP contribution in [0.25, 0.3) is 55.0 Å². The first-order valence-corrected chi connectivity index (χ1v) is 19.0. The van der Waals surface area contributed by atoms with Crippen molar-refractivity contribution in [1.82, 2.24) is 0 Å². The van der Waals surface area contributed by atoms with Gasteiger partial charge in [0.15, 0.2) is 0 Å². The van der Waals surface area contributed by atoms with E-state index in [4.69, 9.17) is 4.42 Å². The number of furan rings is 1. The van der Waals surface area contributed by atoms with Gasteiger partial charge in [0.1, 0.15) is 11.2 Å². The van der Waals surface area contributed by atoms with Crippen LogP contribution in [-0.4, -0.2) is 0 Å². The molecule has 8 aromatic rings. The third-order valence-electron chi connectivity index (χ3n) is 11.2. The molecule has 0 bridgehead atoms. The molecular formula is C50H45NO. The normalized spacial score (nSPS) is 14.0. The van der Waals surface area contributed by atoms with Gasteiger partial charge in [-0.15, -0.1) is 0 Å². The van der Waals surface area contributed by atoms with Gasteiger partial charge in [-0.3, -0.25) is 0 Å². The van der Waals surface area contributed by atoms with Gasteiger partial charge < -0.3 is 9.32 Å². The summed E-state index contributed by atoms with van der Waals surface area (Å²) >= 11 is 0. The molecule has 0 N–H and O–H groups in total. The Bertz CT molecular complexity index is 2540. The minimum absolute atomic E-state index is 0.0512. The highest BCUT2D eigenvalue weighted by molar-refractivity contribution is 6.14. The number of nitrogens with zero attached hydrogens (tertiary/aromatic N) is 1. The van der Waals surface area contributed by atoms with Crippen molar-refractivity contribution in [2.75, 3.05) is 4.90 Å². The fourth-order valence-electron chi connectivity index (χ4n) is 8.66. The van der Waals surface area contributed by atoms with E-state index in [9.17, 15) is 0 Å².